The molecule has 1 aromatic carbocycles. The molecular weight excluding hydrogens is 234 g/mol. The van der Waals surface area contributed by atoms with Crippen molar-refractivity contribution in [1.82, 2.24) is 5.32 Å². The maximum Gasteiger partial charge on any atom is 0.407 e. The number of rotatable bonds is 5. The molecule has 0 heterocycles. The molecule has 2 N–H and O–H groups in total. The zero-order valence-corrected chi connectivity index (χ0v) is 10.00. The summed E-state index contributed by atoms with van der Waals surface area (Å²) < 4.78 is 4.92. The van der Waals surface area contributed by atoms with E-state index in [4.69, 9.17) is 9.84 Å². The van der Waals surface area contributed by atoms with Crippen LogP contribution >= 0.6 is 0 Å². The molecule has 0 radical (unpaired) electrons. The summed E-state index contributed by atoms with van der Waals surface area (Å²) in [5, 5.41) is 11.0. The number of alkyl carbamates (subject to hydrolysis) is 1. The fraction of sp³-hybridized carbons (Fsp3) is 0.231. The lowest BCUT2D eigenvalue weighted by Gasteiger charge is -2.10. The Morgan fingerprint density at radius 3 is 2.67 bits per heavy atom. The minimum Gasteiger partial charge on any atom is -0.478 e. The number of hydrogen-bond acceptors (Lipinski definition) is 3. The number of hydrogen-bond donors (Lipinski definition) is 2. The van der Waals surface area contributed by atoms with Gasteiger partial charge in [0.15, 0.2) is 0 Å². The van der Waals surface area contributed by atoms with Crippen LogP contribution in [0.15, 0.2) is 42.5 Å². The van der Waals surface area contributed by atoms with Gasteiger partial charge in [0.05, 0.1) is 0 Å². The second-order valence-electron chi connectivity index (χ2n) is 3.65. The van der Waals surface area contributed by atoms with Crippen molar-refractivity contribution in [2.75, 3.05) is 0 Å². The van der Waals surface area contributed by atoms with Crippen LogP contribution in [0.3, 0.4) is 0 Å². The first kappa shape index (κ1) is 13.8. The monoisotopic (exact) mass is 249 g/mol. The van der Waals surface area contributed by atoms with Gasteiger partial charge in [-0.2, -0.15) is 0 Å². The molecule has 18 heavy (non-hydrogen) atoms. The highest BCUT2D eigenvalue weighted by Crippen LogP contribution is 1.99. The number of ether oxygens (including phenoxy) is 1. The van der Waals surface area contributed by atoms with Crippen molar-refractivity contribution in [3.63, 3.8) is 0 Å². The topological polar surface area (TPSA) is 75.6 Å². The van der Waals surface area contributed by atoms with E-state index in [2.05, 4.69) is 5.32 Å². The Kier molecular flexibility index (Phi) is 5.44. The minimum absolute atomic E-state index is 0.370. The second-order valence-corrected chi connectivity index (χ2v) is 3.65. The van der Waals surface area contributed by atoms with Crippen LogP contribution < -0.4 is 5.32 Å². The van der Waals surface area contributed by atoms with Crippen LogP contribution in [0.4, 0.5) is 4.79 Å². The van der Waals surface area contributed by atoms with Crippen molar-refractivity contribution < 1.29 is 19.4 Å². The predicted molar refractivity (Wildman–Crippen MR) is 66.0 cm³/mol. The summed E-state index contributed by atoms with van der Waals surface area (Å²) in [5.41, 5.74) is 0.961. The van der Waals surface area contributed by atoms with E-state index in [0.29, 0.717) is 6.54 Å². The third-order valence-electron chi connectivity index (χ3n) is 2.08. The molecule has 0 saturated heterocycles. The van der Waals surface area contributed by atoms with E-state index >= 15 is 0 Å². The summed E-state index contributed by atoms with van der Waals surface area (Å²) in [6.45, 7) is 1.95. The van der Waals surface area contributed by atoms with Gasteiger partial charge in [-0.1, -0.05) is 30.3 Å². The first-order valence-electron chi connectivity index (χ1n) is 5.47. The summed E-state index contributed by atoms with van der Waals surface area (Å²) >= 11 is 0. The van der Waals surface area contributed by atoms with E-state index in [1.807, 2.05) is 30.3 Å². The zero-order chi connectivity index (χ0) is 13.4. The Hall–Kier alpha value is -2.30. The molecule has 5 nitrogen and oxygen atoms in total. The van der Waals surface area contributed by atoms with Gasteiger partial charge >= 0.3 is 12.1 Å². The van der Waals surface area contributed by atoms with E-state index in [1.54, 1.807) is 6.92 Å². The van der Waals surface area contributed by atoms with Gasteiger partial charge in [-0.15, -0.1) is 0 Å². The van der Waals surface area contributed by atoms with Crippen LogP contribution in [0.25, 0.3) is 0 Å². The lowest BCUT2D eigenvalue weighted by atomic mass is 10.2. The normalized spacial score (nSPS) is 12.1. The van der Waals surface area contributed by atoms with Crippen molar-refractivity contribution in [2.24, 2.45) is 0 Å². The number of carboxylic acid groups (broad SMARTS) is 1. The largest absolute Gasteiger partial charge is 0.478 e. The Morgan fingerprint density at radius 1 is 1.39 bits per heavy atom. The fourth-order valence-electron chi connectivity index (χ4n) is 1.24. The van der Waals surface area contributed by atoms with E-state index in [9.17, 15) is 9.59 Å². The van der Waals surface area contributed by atoms with Crippen molar-refractivity contribution in [1.29, 1.82) is 0 Å². The molecule has 0 aliphatic rings. The molecule has 0 aliphatic carbocycles. The molecule has 0 bridgehead atoms. The van der Waals surface area contributed by atoms with Crippen molar-refractivity contribution in [3.8, 4) is 0 Å². The van der Waals surface area contributed by atoms with Crippen LogP contribution in [-0.4, -0.2) is 23.3 Å². The summed E-state index contributed by atoms with van der Waals surface area (Å²) in [7, 11) is 0. The Bertz CT molecular complexity index is 428. The smallest absolute Gasteiger partial charge is 0.407 e. The highest BCUT2D eigenvalue weighted by molar-refractivity contribution is 5.79. The van der Waals surface area contributed by atoms with E-state index in [1.165, 1.54) is 6.08 Å². The van der Waals surface area contributed by atoms with Gasteiger partial charge in [-0.25, -0.2) is 9.59 Å². The van der Waals surface area contributed by atoms with Crippen LogP contribution in [-0.2, 0) is 16.1 Å². The number of benzene rings is 1. The third kappa shape index (κ3) is 5.69. The van der Waals surface area contributed by atoms with Gasteiger partial charge in [0.1, 0.15) is 6.10 Å². The van der Waals surface area contributed by atoms with Gasteiger partial charge in [0, 0.05) is 12.6 Å². The average molecular weight is 249 g/mol. The number of carboxylic acids is 1. The average Bonchev–Trinajstić information content (AvgIpc) is 2.35. The van der Waals surface area contributed by atoms with Gasteiger partial charge in [0.2, 0.25) is 0 Å². The molecule has 0 fully saturated rings. The molecular formula is C13H15NO4. The van der Waals surface area contributed by atoms with Gasteiger partial charge in [0.25, 0.3) is 0 Å². The van der Waals surface area contributed by atoms with Crippen LogP contribution in [0.5, 0.6) is 0 Å². The highest BCUT2D eigenvalue weighted by atomic mass is 16.6. The number of nitrogens with one attached hydrogen (secondary N) is 1. The van der Waals surface area contributed by atoms with E-state index in [-0.39, 0.29) is 0 Å². The quantitative estimate of drug-likeness (QED) is 0.782. The van der Waals surface area contributed by atoms with E-state index in [0.717, 1.165) is 11.6 Å². The van der Waals surface area contributed by atoms with Crippen molar-refractivity contribution in [3.05, 3.63) is 48.0 Å². The maximum atomic E-state index is 11.4. The third-order valence-corrected chi connectivity index (χ3v) is 2.08. The minimum atomic E-state index is -1.07. The Balaban J connectivity index is 2.31. The van der Waals surface area contributed by atoms with Gasteiger partial charge < -0.3 is 15.2 Å². The zero-order valence-electron chi connectivity index (χ0n) is 10.00. The molecule has 0 aliphatic heterocycles. The molecule has 0 unspecified atom stereocenters. The molecule has 0 saturated carbocycles. The van der Waals surface area contributed by atoms with Crippen LogP contribution in [0.1, 0.15) is 12.5 Å². The van der Waals surface area contributed by atoms with Gasteiger partial charge in [-0.05, 0) is 18.6 Å². The molecule has 1 aromatic rings. The number of aliphatic carboxylic acids is 1. The van der Waals surface area contributed by atoms with Crippen LogP contribution in [0.2, 0.25) is 0 Å². The number of carbonyl (C=O) groups excluding carboxylic acids is 1. The van der Waals surface area contributed by atoms with Crippen molar-refractivity contribution in [2.45, 2.75) is 19.6 Å². The summed E-state index contributed by atoms with van der Waals surface area (Å²) in [6, 6.07) is 9.41. The fourth-order valence-corrected chi connectivity index (χ4v) is 1.24. The molecule has 96 valence electrons. The Labute approximate surface area is 105 Å². The van der Waals surface area contributed by atoms with E-state index < -0.39 is 18.2 Å². The lowest BCUT2D eigenvalue weighted by molar-refractivity contribution is -0.131. The van der Waals surface area contributed by atoms with Crippen LogP contribution in [0, 0.1) is 0 Å². The predicted octanol–water partition coefficient (Wildman–Crippen LogP) is 1.94. The molecule has 5 heteroatoms. The number of carbonyl (C=O) groups is 2. The summed E-state index contributed by atoms with van der Waals surface area (Å²) in [4.78, 5) is 21.6. The molecule has 1 amide bonds. The standard InChI is InChI=1S/C13H15NO4/c1-10(7-8-12(15)16)18-13(17)14-9-11-5-3-2-4-6-11/h2-8,10H,9H2,1H3,(H,14,17)(H,15,16)/b8-7+/t10-/m0/s1. The summed E-state index contributed by atoms with van der Waals surface area (Å²) in [6.07, 6.45) is 1.07. The number of amides is 1. The second kappa shape index (κ2) is 7.11. The lowest BCUT2D eigenvalue weighted by Crippen LogP contribution is -2.26. The highest BCUT2D eigenvalue weighted by Gasteiger charge is 2.06. The molecule has 0 spiro atoms. The first-order chi connectivity index (χ1) is 8.58. The van der Waals surface area contributed by atoms with Crippen molar-refractivity contribution >= 4 is 12.1 Å². The maximum absolute atomic E-state index is 11.4. The summed E-state index contributed by atoms with van der Waals surface area (Å²) in [5.74, 6) is -1.07. The first-order valence-corrected chi connectivity index (χ1v) is 5.47. The molecule has 0 aromatic heterocycles. The Morgan fingerprint density at radius 2 is 2.06 bits per heavy atom. The SMILES string of the molecule is C[C@@H](/C=C/C(=O)O)OC(=O)NCc1ccccc1. The molecule has 1 atom stereocenters. The molecule has 1 rings (SSSR count). The van der Waals surface area contributed by atoms with Gasteiger partial charge in [-0.3, -0.25) is 0 Å².